The van der Waals surface area contributed by atoms with E-state index in [2.05, 4.69) is 18.9 Å². The number of aryl methyl sites for hydroxylation is 1. The van der Waals surface area contributed by atoms with Crippen LogP contribution in [0, 0.1) is 22.5 Å². The summed E-state index contributed by atoms with van der Waals surface area (Å²) in [6.07, 6.45) is 1.36. The lowest BCUT2D eigenvalue weighted by Gasteiger charge is -2.19. The zero-order valence-corrected chi connectivity index (χ0v) is 24.9. The fraction of sp³-hybridized carbons (Fsp3) is 0.323. The van der Waals surface area contributed by atoms with Gasteiger partial charge in [0.2, 0.25) is 5.75 Å². The molecule has 41 heavy (non-hydrogen) atoms. The number of halogens is 1. The summed E-state index contributed by atoms with van der Waals surface area (Å²) in [6.45, 7) is 12.1. The number of aromatic nitrogens is 2. The molecule has 0 bridgehead atoms. The van der Waals surface area contributed by atoms with Gasteiger partial charge in [-0.3, -0.25) is 14.9 Å². The van der Waals surface area contributed by atoms with Crippen LogP contribution < -0.4 is 15.0 Å². The van der Waals surface area contributed by atoms with Crippen molar-refractivity contribution in [3.63, 3.8) is 0 Å². The van der Waals surface area contributed by atoms with E-state index in [-0.39, 0.29) is 40.0 Å². The number of ether oxygens (including phenoxy) is 2. The van der Waals surface area contributed by atoms with Gasteiger partial charge in [0.15, 0.2) is 5.82 Å². The molecule has 0 unspecified atom stereocenters. The summed E-state index contributed by atoms with van der Waals surface area (Å²) >= 11 is 6.44. The molecule has 4 aromatic rings. The number of fused-ring (bicyclic) bond motifs is 1. The van der Waals surface area contributed by atoms with Gasteiger partial charge in [-0.2, -0.15) is 9.78 Å². The van der Waals surface area contributed by atoms with Gasteiger partial charge in [-0.25, -0.2) is 4.98 Å². The molecule has 0 amide bonds. The maximum Gasteiger partial charge on any atom is 0.313 e. The van der Waals surface area contributed by atoms with Crippen LogP contribution in [0.25, 0.3) is 22.3 Å². The Morgan fingerprint density at radius 2 is 1.88 bits per heavy atom. The molecule has 1 heterocycles. The highest BCUT2D eigenvalue weighted by Gasteiger charge is 2.23. The van der Waals surface area contributed by atoms with E-state index in [9.17, 15) is 14.9 Å². The van der Waals surface area contributed by atoms with E-state index in [0.717, 1.165) is 16.9 Å². The molecule has 0 N–H and O–H groups in total. The summed E-state index contributed by atoms with van der Waals surface area (Å²) in [5.74, 6) is 1.21. The molecule has 1 aromatic heterocycles. The summed E-state index contributed by atoms with van der Waals surface area (Å²) in [7, 11) is 1.62. The van der Waals surface area contributed by atoms with Gasteiger partial charge < -0.3 is 9.47 Å². The van der Waals surface area contributed by atoms with E-state index < -0.39 is 4.92 Å². The Bertz CT molecular complexity index is 1720. The minimum Gasteiger partial charge on any atom is -0.496 e. The number of nitro benzene ring substituents is 1. The van der Waals surface area contributed by atoms with Crippen LogP contribution in [0.15, 0.2) is 58.4 Å². The predicted molar refractivity (Wildman–Crippen MR) is 163 cm³/mol. The lowest BCUT2D eigenvalue weighted by molar-refractivity contribution is -0.385. The molecule has 9 nitrogen and oxygen atoms in total. The second-order valence-corrected chi connectivity index (χ2v) is 11.7. The van der Waals surface area contributed by atoms with Crippen molar-refractivity contribution in [3.8, 4) is 22.9 Å². The third-order valence-corrected chi connectivity index (χ3v) is 6.69. The van der Waals surface area contributed by atoms with Crippen LogP contribution in [0.3, 0.4) is 0 Å². The average Bonchev–Trinajstić information content (AvgIpc) is 2.90. The normalized spacial score (nSPS) is 11.9. The highest BCUT2D eigenvalue weighted by atomic mass is 35.5. The molecule has 10 heteroatoms. The van der Waals surface area contributed by atoms with Crippen LogP contribution in [-0.2, 0) is 0 Å². The van der Waals surface area contributed by atoms with E-state index in [1.54, 1.807) is 25.3 Å². The molecule has 0 aliphatic heterocycles. The lowest BCUT2D eigenvalue weighted by Crippen LogP contribution is -2.21. The molecule has 0 spiro atoms. The van der Waals surface area contributed by atoms with Crippen molar-refractivity contribution in [2.45, 2.75) is 47.5 Å². The van der Waals surface area contributed by atoms with Crippen LogP contribution in [0.4, 0.5) is 5.69 Å². The summed E-state index contributed by atoms with van der Waals surface area (Å²) in [5.41, 5.74) is 2.46. The molecule has 0 saturated carbocycles. The predicted octanol–water partition coefficient (Wildman–Crippen LogP) is 7.37. The van der Waals surface area contributed by atoms with Crippen LogP contribution in [-0.4, -0.2) is 34.5 Å². The van der Waals surface area contributed by atoms with Crippen molar-refractivity contribution in [2.24, 2.45) is 10.5 Å². The Morgan fingerprint density at radius 1 is 1.17 bits per heavy atom. The van der Waals surface area contributed by atoms with Crippen molar-refractivity contribution in [2.75, 3.05) is 13.7 Å². The quantitative estimate of drug-likeness (QED) is 0.123. The van der Waals surface area contributed by atoms with E-state index in [4.69, 9.17) is 26.1 Å². The number of benzene rings is 3. The van der Waals surface area contributed by atoms with E-state index in [1.807, 2.05) is 45.9 Å². The Balaban J connectivity index is 1.90. The second-order valence-electron chi connectivity index (χ2n) is 11.3. The number of para-hydroxylation sites is 1. The number of nitrogens with zero attached hydrogens (tertiary/aromatic N) is 4. The SMILES string of the molecule is COc1cc(C)c(-c2nc3ccccc3c(=O)n2N=Cc2cc(Cl)c(OCC(C)(C)C)c([N+](=O)[O-])c2)cc1C(C)C. The standard InChI is InChI=1S/C31H33ClN4O5/c1-18(2)22-15-23(19(3)12-27(22)40-7)29-34-25-11-9-8-10-21(25)30(37)35(29)33-16-20-13-24(32)28(26(14-20)36(38)39)41-17-31(4,5)6/h8-16,18H,17H2,1-7H3. The zero-order valence-electron chi connectivity index (χ0n) is 24.2. The first-order chi connectivity index (χ1) is 19.3. The minimum atomic E-state index is -0.551. The maximum absolute atomic E-state index is 13.7. The number of methoxy groups -OCH3 is 1. The first-order valence-corrected chi connectivity index (χ1v) is 13.5. The third-order valence-electron chi connectivity index (χ3n) is 6.41. The van der Waals surface area contributed by atoms with E-state index in [0.29, 0.717) is 27.9 Å². The summed E-state index contributed by atoms with van der Waals surface area (Å²) in [6, 6.07) is 13.8. The topological polar surface area (TPSA) is 109 Å². The monoisotopic (exact) mass is 576 g/mol. The van der Waals surface area contributed by atoms with E-state index >= 15 is 0 Å². The molecule has 0 fully saturated rings. The maximum atomic E-state index is 13.7. The molecule has 0 radical (unpaired) electrons. The fourth-order valence-electron chi connectivity index (χ4n) is 4.34. The smallest absolute Gasteiger partial charge is 0.313 e. The van der Waals surface area contributed by atoms with Gasteiger partial charge in [-0.05, 0) is 59.7 Å². The van der Waals surface area contributed by atoms with Crippen molar-refractivity contribution in [1.82, 2.24) is 9.66 Å². The molecular weight excluding hydrogens is 544 g/mol. The number of hydrogen-bond donors (Lipinski definition) is 0. The Morgan fingerprint density at radius 3 is 2.51 bits per heavy atom. The number of nitro groups is 1. The van der Waals surface area contributed by atoms with Gasteiger partial charge in [0, 0.05) is 17.2 Å². The van der Waals surface area contributed by atoms with Crippen LogP contribution >= 0.6 is 11.6 Å². The average molecular weight is 577 g/mol. The largest absolute Gasteiger partial charge is 0.496 e. The molecular formula is C31H33ClN4O5. The van der Waals surface area contributed by atoms with Crippen molar-refractivity contribution < 1.29 is 14.4 Å². The fourth-order valence-corrected chi connectivity index (χ4v) is 4.61. The zero-order chi connectivity index (χ0) is 30.1. The van der Waals surface area contributed by atoms with Crippen molar-refractivity contribution in [1.29, 1.82) is 0 Å². The van der Waals surface area contributed by atoms with E-state index in [1.165, 1.54) is 23.0 Å². The lowest BCUT2D eigenvalue weighted by atomic mass is 9.96. The molecule has 4 rings (SSSR count). The van der Waals surface area contributed by atoms with Gasteiger partial charge in [-0.1, -0.05) is 58.4 Å². The van der Waals surface area contributed by atoms with Gasteiger partial charge >= 0.3 is 5.69 Å². The van der Waals surface area contributed by atoms with Crippen LogP contribution in [0.5, 0.6) is 11.5 Å². The molecule has 0 saturated heterocycles. The van der Waals surface area contributed by atoms with Gasteiger partial charge in [0.1, 0.15) is 5.75 Å². The Hall–Kier alpha value is -4.24. The highest BCUT2D eigenvalue weighted by molar-refractivity contribution is 6.32. The molecule has 214 valence electrons. The first-order valence-electron chi connectivity index (χ1n) is 13.2. The number of hydrogen-bond acceptors (Lipinski definition) is 7. The van der Waals surface area contributed by atoms with Crippen molar-refractivity contribution >= 4 is 34.4 Å². The van der Waals surface area contributed by atoms with Crippen molar-refractivity contribution in [3.05, 3.63) is 90.7 Å². The van der Waals surface area contributed by atoms with Gasteiger partial charge in [-0.15, -0.1) is 0 Å². The van der Waals surface area contributed by atoms with Gasteiger partial charge in [0.25, 0.3) is 5.56 Å². The second kappa shape index (κ2) is 11.7. The minimum absolute atomic E-state index is 0.0101. The third kappa shape index (κ3) is 6.41. The summed E-state index contributed by atoms with van der Waals surface area (Å²) < 4.78 is 12.5. The van der Waals surface area contributed by atoms with Crippen LogP contribution in [0.2, 0.25) is 5.02 Å². The highest BCUT2D eigenvalue weighted by Crippen LogP contribution is 2.37. The molecule has 3 aromatic carbocycles. The number of rotatable bonds is 8. The van der Waals surface area contributed by atoms with Gasteiger partial charge in [0.05, 0.1) is 40.8 Å². The molecule has 0 aliphatic rings. The summed E-state index contributed by atoms with van der Waals surface area (Å²) in [5, 5.41) is 16.8. The summed E-state index contributed by atoms with van der Waals surface area (Å²) in [4.78, 5) is 29.9. The molecule has 0 aliphatic carbocycles. The molecule has 0 atom stereocenters. The Kier molecular flexibility index (Phi) is 8.49. The van der Waals surface area contributed by atoms with Crippen LogP contribution in [0.1, 0.15) is 57.2 Å². The Labute approximate surface area is 243 Å². The first kappa shape index (κ1) is 29.7.